The zero-order valence-electron chi connectivity index (χ0n) is 18.7. The van der Waals surface area contributed by atoms with Crippen LogP contribution < -0.4 is 0 Å². The summed E-state index contributed by atoms with van der Waals surface area (Å²) in [4.78, 5) is 20.2. The Kier molecular flexibility index (Phi) is 7.55. The van der Waals surface area contributed by atoms with Crippen molar-refractivity contribution >= 4 is 12.0 Å². The molecule has 2 aliphatic rings. The summed E-state index contributed by atoms with van der Waals surface area (Å²) in [6.45, 7) is 9.65. The number of piperazine rings is 1. The Labute approximate surface area is 187 Å². The number of rotatable bonds is 6. The largest absolute Gasteiger partial charge is 0.340 e. The van der Waals surface area contributed by atoms with Crippen LogP contribution in [0.15, 0.2) is 60.7 Å². The molecule has 164 valence electrons. The van der Waals surface area contributed by atoms with Gasteiger partial charge in [0.1, 0.15) is 0 Å². The lowest BCUT2D eigenvalue weighted by molar-refractivity contribution is -0.139. The lowest BCUT2D eigenvalue weighted by atomic mass is 9.95. The Balaban J connectivity index is 1.22. The summed E-state index contributed by atoms with van der Waals surface area (Å²) in [5, 5.41) is 0. The number of carbonyl (C=O) groups excluding carboxylic acids is 1. The molecule has 2 aromatic carbocycles. The van der Waals surface area contributed by atoms with Crippen LogP contribution in [-0.4, -0.2) is 66.4 Å². The van der Waals surface area contributed by atoms with E-state index in [-0.39, 0.29) is 5.92 Å². The van der Waals surface area contributed by atoms with Crippen molar-refractivity contribution in [2.75, 3.05) is 45.8 Å². The Morgan fingerprint density at radius 1 is 0.935 bits per heavy atom. The Bertz CT molecular complexity index is 854. The summed E-state index contributed by atoms with van der Waals surface area (Å²) in [7, 11) is 0. The van der Waals surface area contributed by atoms with Gasteiger partial charge in [-0.1, -0.05) is 72.3 Å². The van der Waals surface area contributed by atoms with Crippen LogP contribution in [0.2, 0.25) is 0 Å². The van der Waals surface area contributed by atoms with Gasteiger partial charge in [0.2, 0.25) is 5.91 Å². The van der Waals surface area contributed by atoms with Gasteiger partial charge in [0, 0.05) is 45.8 Å². The maximum atomic E-state index is 13.2. The Morgan fingerprint density at radius 2 is 1.68 bits per heavy atom. The molecule has 0 bridgehead atoms. The lowest BCUT2D eigenvalue weighted by Crippen LogP contribution is -2.52. The van der Waals surface area contributed by atoms with Crippen molar-refractivity contribution in [3.63, 3.8) is 0 Å². The average Bonchev–Trinajstić information content (AvgIpc) is 2.81. The van der Waals surface area contributed by atoms with Gasteiger partial charge in [-0.2, -0.15) is 0 Å². The fourth-order valence-corrected chi connectivity index (χ4v) is 4.66. The molecule has 0 aliphatic carbocycles. The topological polar surface area (TPSA) is 26.8 Å². The van der Waals surface area contributed by atoms with Gasteiger partial charge in [-0.25, -0.2) is 0 Å². The molecule has 0 radical (unpaired) electrons. The number of amides is 1. The fraction of sp³-hybridized carbons (Fsp3) is 0.444. The maximum Gasteiger partial charge on any atom is 0.227 e. The molecule has 2 saturated heterocycles. The van der Waals surface area contributed by atoms with Crippen LogP contribution in [-0.2, 0) is 11.3 Å². The number of hydrogen-bond acceptors (Lipinski definition) is 3. The molecule has 0 saturated carbocycles. The summed E-state index contributed by atoms with van der Waals surface area (Å²) in [5.41, 5.74) is 3.88. The monoisotopic (exact) mass is 417 g/mol. The number of aryl methyl sites for hydroxylation is 1. The van der Waals surface area contributed by atoms with Crippen molar-refractivity contribution in [1.82, 2.24) is 14.7 Å². The third kappa shape index (κ3) is 6.28. The van der Waals surface area contributed by atoms with Crippen LogP contribution in [0.3, 0.4) is 0 Å². The highest BCUT2D eigenvalue weighted by molar-refractivity contribution is 5.79. The van der Waals surface area contributed by atoms with Crippen LogP contribution in [0.5, 0.6) is 0 Å². The summed E-state index contributed by atoms with van der Waals surface area (Å²) in [6, 6.07) is 19.2. The molecule has 4 heteroatoms. The van der Waals surface area contributed by atoms with E-state index in [2.05, 4.69) is 82.3 Å². The van der Waals surface area contributed by atoms with Gasteiger partial charge in [-0.05, 0) is 37.4 Å². The number of carbonyl (C=O) groups is 1. The SMILES string of the molecule is Cc1ccc(CN2CCCC(C(=O)N3CCN(C/C=C/c4ccccc4)CC3)C2)cc1. The summed E-state index contributed by atoms with van der Waals surface area (Å²) in [5.74, 6) is 0.525. The summed E-state index contributed by atoms with van der Waals surface area (Å²) >= 11 is 0. The van der Waals surface area contributed by atoms with Crippen LogP contribution in [0.1, 0.15) is 29.5 Å². The predicted octanol–water partition coefficient (Wildman–Crippen LogP) is 4.06. The second kappa shape index (κ2) is 10.7. The summed E-state index contributed by atoms with van der Waals surface area (Å²) in [6.07, 6.45) is 6.56. The normalized spacial score (nSPS) is 20.9. The standard InChI is InChI=1S/C27H35N3O/c1-23-11-13-25(14-12-23)21-29-16-6-10-26(22-29)27(31)30-19-17-28(18-20-30)15-5-9-24-7-3-2-4-8-24/h2-5,7-9,11-14,26H,6,10,15-22H2,1H3/b9-5+. The van der Waals surface area contributed by atoms with Gasteiger partial charge in [0.05, 0.1) is 5.92 Å². The quantitative estimate of drug-likeness (QED) is 0.709. The predicted molar refractivity (Wildman–Crippen MR) is 128 cm³/mol. The molecule has 0 aromatic heterocycles. The molecule has 1 amide bonds. The molecule has 4 nitrogen and oxygen atoms in total. The molecule has 31 heavy (non-hydrogen) atoms. The van der Waals surface area contributed by atoms with Crippen LogP contribution >= 0.6 is 0 Å². The van der Waals surface area contributed by atoms with E-state index in [1.807, 2.05) is 6.07 Å². The van der Waals surface area contributed by atoms with Crippen LogP contribution in [0.4, 0.5) is 0 Å². The van der Waals surface area contributed by atoms with Gasteiger partial charge >= 0.3 is 0 Å². The molecule has 2 aromatic rings. The van der Waals surface area contributed by atoms with Gasteiger partial charge in [0.15, 0.2) is 0 Å². The number of piperidine rings is 1. The smallest absolute Gasteiger partial charge is 0.227 e. The first-order chi connectivity index (χ1) is 15.2. The van der Waals surface area contributed by atoms with E-state index >= 15 is 0 Å². The highest BCUT2D eigenvalue weighted by Crippen LogP contribution is 2.21. The molecule has 0 N–H and O–H groups in total. The van der Waals surface area contributed by atoms with Crippen molar-refractivity contribution in [3.05, 3.63) is 77.4 Å². The van der Waals surface area contributed by atoms with E-state index in [0.29, 0.717) is 5.91 Å². The minimum absolute atomic E-state index is 0.156. The number of benzene rings is 2. The Hall–Kier alpha value is -2.43. The van der Waals surface area contributed by atoms with Crippen molar-refractivity contribution in [2.45, 2.75) is 26.3 Å². The third-order valence-corrected chi connectivity index (χ3v) is 6.54. The lowest BCUT2D eigenvalue weighted by Gasteiger charge is -2.38. The average molecular weight is 418 g/mol. The highest BCUT2D eigenvalue weighted by atomic mass is 16.2. The molecule has 2 fully saturated rings. The zero-order valence-corrected chi connectivity index (χ0v) is 18.7. The van der Waals surface area contributed by atoms with Gasteiger partial charge in [-0.3, -0.25) is 14.6 Å². The first-order valence-corrected chi connectivity index (χ1v) is 11.7. The van der Waals surface area contributed by atoms with E-state index in [9.17, 15) is 4.79 Å². The zero-order chi connectivity index (χ0) is 21.5. The minimum atomic E-state index is 0.156. The second-order valence-electron chi connectivity index (χ2n) is 9.00. The third-order valence-electron chi connectivity index (χ3n) is 6.54. The first-order valence-electron chi connectivity index (χ1n) is 11.7. The molecule has 1 atom stereocenters. The summed E-state index contributed by atoms with van der Waals surface area (Å²) < 4.78 is 0. The van der Waals surface area contributed by atoms with Crippen molar-refractivity contribution in [1.29, 1.82) is 0 Å². The molecule has 2 heterocycles. The molecule has 0 spiro atoms. The van der Waals surface area contributed by atoms with Crippen molar-refractivity contribution in [3.8, 4) is 0 Å². The van der Waals surface area contributed by atoms with Crippen molar-refractivity contribution in [2.24, 2.45) is 5.92 Å². The van der Waals surface area contributed by atoms with E-state index in [1.165, 1.54) is 16.7 Å². The van der Waals surface area contributed by atoms with Gasteiger partial charge in [0.25, 0.3) is 0 Å². The number of nitrogens with zero attached hydrogens (tertiary/aromatic N) is 3. The maximum absolute atomic E-state index is 13.2. The van der Waals surface area contributed by atoms with Gasteiger partial charge in [-0.15, -0.1) is 0 Å². The van der Waals surface area contributed by atoms with Crippen LogP contribution in [0.25, 0.3) is 6.08 Å². The highest BCUT2D eigenvalue weighted by Gasteiger charge is 2.30. The van der Waals surface area contributed by atoms with Crippen molar-refractivity contribution < 1.29 is 4.79 Å². The molecular weight excluding hydrogens is 382 g/mol. The van der Waals surface area contributed by atoms with Gasteiger partial charge < -0.3 is 4.90 Å². The molecule has 4 rings (SSSR count). The minimum Gasteiger partial charge on any atom is -0.340 e. The number of hydrogen-bond donors (Lipinski definition) is 0. The van der Waals surface area contributed by atoms with E-state index < -0.39 is 0 Å². The molecule has 2 aliphatic heterocycles. The number of likely N-dealkylation sites (tertiary alicyclic amines) is 1. The molecular formula is C27H35N3O. The van der Waals surface area contributed by atoms with E-state index in [0.717, 1.165) is 65.2 Å². The van der Waals surface area contributed by atoms with Crippen LogP contribution in [0, 0.1) is 12.8 Å². The van der Waals surface area contributed by atoms with E-state index in [4.69, 9.17) is 0 Å². The first kappa shape index (κ1) is 21.8. The fourth-order valence-electron chi connectivity index (χ4n) is 4.66. The van der Waals surface area contributed by atoms with E-state index in [1.54, 1.807) is 0 Å². The molecule has 1 unspecified atom stereocenters. The second-order valence-corrected chi connectivity index (χ2v) is 9.00. The Morgan fingerprint density at radius 3 is 2.42 bits per heavy atom.